The zero-order valence-electron chi connectivity index (χ0n) is 16.1. The Morgan fingerprint density at radius 3 is 2.86 bits per heavy atom. The molecule has 2 aromatic heterocycles. The molecule has 150 valence electrons. The molecule has 28 heavy (non-hydrogen) atoms. The van der Waals surface area contributed by atoms with Crippen LogP contribution in [0.4, 0.5) is 0 Å². The molecule has 0 spiro atoms. The molecular formula is C21H27IN4O2. The van der Waals surface area contributed by atoms with Gasteiger partial charge in [0.15, 0.2) is 5.96 Å². The standard InChI is InChI=1S/C21H26N4O2.HI/c1-2-22-21(24-12-6-13-26-16-19-10-5-14-27-19)25-15-18-8-3-7-17-9-4-11-23-20(17)18;/h3-5,7-11,14H,2,6,12-13,15-16H2,1H3,(H2,22,24,25);1H. The van der Waals surface area contributed by atoms with Crippen molar-refractivity contribution in [1.82, 2.24) is 15.6 Å². The number of hydrogen-bond donors (Lipinski definition) is 2. The maximum atomic E-state index is 5.60. The summed E-state index contributed by atoms with van der Waals surface area (Å²) in [6.45, 7) is 5.42. The predicted molar refractivity (Wildman–Crippen MR) is 123 cm³/mol. The lowest BCUT2D eigenvalue weighted by Gasteiger charge is -2.11. The minimum absolute atomic E-state index is 0. The number of guanidine groups is 1. The maximum absolute atomic E-state index is 5.60. The van der Waals surface area contributed by atoms with E-state index in [1.807, 2.05) is 30.5 Å². The molecule has 0 saturated carbocycles. The Morgan fingerprint density at radius 1 is 1.14 bits per heavy atom. The quantitative estimate of drug-likeness (QED) is 0.203. The van der Waals surface area contributed by atoms with Crippen LogP contribution < -0.4 is 10.6 Å². The van der Waals surface area contributed by atoms with Crippen LogP contribution in [0, 0.1) is 0 Å². The second-order valence-corrected chi connectivity index (χ2v) is 6.10. The van der Waals surface area contributed by atoms with Crippen LogP contribution in [0.5, 0.6) is 0 Å². The molecule has 0 aliphatic carbocycles. The fourth-order valence-electron chi connectivity index (χ4n) is 2.75. The van der Waals surface area contributed by atoms with Gasteiger partial charge in [0.1, 0.15) is 12.4 Å². The van der Waals surface area contributed by atoms with Crippen LogP contribution in [0.15, 0.2) is 64.3 Å². The number of aliphatic imine (C=N–C) groups is 1. The molecule has 0 unspecified atom stereocenters. The van der Waals surface area contributed by atoms with E-state index in [0.717, 1.165) is 47.7 Å². The lowest BCUT2D eigenvalue weighted by atomic mass is 10.1. The van der Waals surface area contributed by atoms with Gasteiger partial charge in [0.25, 0.3) is 0 Å². The van der Waals surface area contributed by atoms with Gasteiger partial charge in [0.05, 0.1) is 18.3 Å². The average Bonchev–Trinajstić information content (AvgIpc) is 3.22. The summed E-state index contributed by atoms with van der Waals surface area (Å²) in [6.07, 6.45) is 4.37. The van der Waals surface area contributed by atoms with Gasteiger partial charge in [-0.3, -0.25) is 4.98 Å². The summed E-state index contributed by atoms with van der Waals surface area (Å²) in [5.74, 6) is 1.65. The molecule has 0 fully saturated rings. The number of rotatable bonds is 9. The molecule has 0 bridgehead atoms. The fourth-order valence-corrected chi connectivity index (χ4v) is 2.75. The molecule has 0 aliphatic rings. The van der Waals surface area contributed by atoms with E-state index in [1.54, 1.807) is 6.26 Å². The fraction of sp³-hybridized carbons (Fsp3) is 0.333. The first-order chi connectivity index (χ1) is 13.4. The number of halogens is 1. The summed E-state index contributed by atoms with van der Waals surface area (Å²) >= 11 is 0. The number of pyridine rings is 1. The number of furan rings is 1. The Morgan fingerprint density at radius 2 is 2.04 bits per heavy atom. The molecule has 2 N–H and O–H groups in total. The first kappa shape index (κ1) is 22.2. The summed E-state index contributed by atoms with van der Waals surface area (Å²) in [5, 5.41) is 7.76. The van der Waals surface area contributed by atoms with Gasteiger partial charge in [-0.25, -0.2) is 4.99 Å². The number of nitrogens with one attached hydrogen (secondary N) is 2. The van der Waals surface area contributed by atoms with Crippen LogP contribution in [0.3, 0.4) is 0 Å². The van der Waals surface area contributed by atoms with E-state index in [4.69, 9.17) is 14.1 Å². The summed E-state index contributed by atoms with van der Waals surface area (Å²) in [6, 6.07) is 14.0. The lowest BCUT2D eigenvalue weighted by Crippen LogP contribution is -2.38. The number of aromatic nitrogens is 1. The first-order valence-electron chi connectivity index (χ1n) is 9.31. The van der Waals surface area contributed by atoms with Gasteiger partial charge >= 0.3 is 0 Å². The van der Waals surface area contributed by atoms with Crippen molar-refractivity contribution in [2.75, 3.05) is 19.7 Å². The van der Waals surface area contributed by atoms with E-state index >= 15 is 0 Å². The highest BCUT2D eigenvalue weighted by Gasteiger charge is 2.02. The predicted octanol–water partition coefficient (Wildman–Crippen LogP) is 4.11. The number of ether oxygens (including phenoxy) is 1. The molecule has 1 aromatic carbocycles. The van der Waals surface area contributed by atoms with Crippen molar-refractivity contribution >= 4 is 40.8 Å². The minimum Gasteiger partial charge on any atom is -0.467 e. The van der Waals surface area contributed by atoms with E-state index < -0.39 is 0 Å². The molecule has 0 saturated heterocycles. The second kappa shape index (κ2) is 12.4. The third-order valence-corrected chi connectivity index (χ3v) is 4.05. The number of benzene rings is 1. The third-order valence-electron chi connectivity index (χ3n) is 4.05. The number of fused-ring (bicyclic) bond motifs is 1. The van der Waals surface area contributed by atoms with Crippen molar-refractivity contribution in [2.24, 2.45) is 4.99 Å². The zero-order chi connectivity index (χ0) is 18.7. The van der Waals surface area contributed by atoms with Gasteiger partial charge in [0, 0.05) is 31.3 Å². The van der Waals surface area contributed by atoms with E-state index in [-0.39, 0.29) is 24.0 Å². The van der Waals surface area contributed by atoms with Crippen LogP contribution in [-0.2, 0) is 17.9 Å². The normalized spacial score (nSPS) is 11.2. The maximum Gasteiger partial charge on any atom is 0.191 e. The van der Waals surface area contributed by atoms with Crippen LogP contribution in [0.1, 0.15) is 24.7 Å². The molecule has 3 rings (SSSR count). The van der Waals surface area contributed by atoms with Gasteiger partial charge in [-0.1, -0.05) is 24.3 Å². The topological polar surface area (TPSA) is 71.7 Å². The van der Waals surface area contributed by atoms with Crippen molar-refractivity contribution < 1.29 is 9.15 Å². The van der Waals surface area contributed by atoms with Gasteiger partial charge in [-0.2, -0.15) is 0 Å². The number of hydrogen-bond acceptors (Lipinski definition) is 4. The van der Waals surface area contributed by atoms with Gasteiger partial charge in [0.2, 0.25) is 0 Å². The Hall–Kier alpha value is -2.13. The van der Waals surface area contributed by atoms with E-state index in [9.17, 15) is 0 Å². The van der Waals surface area contributed by atoms with Crippen molar-refractivity contribution in [3.63, 3.8) is 0 Å². The highest BCUT2D eigenvalue weighted by atomic mass is 127. The summed E-state index contributed by atoms with van der Waals surface area (Å²) in [4.78, 5) is 9.18. The molecule has 6 nitrogen and oxygen atoms in total. The Kier molecular flexibility index (Phi) is 9.78. The number of nitrogens with zero attached hydrogens (tertiary/aromatic N) is 2. The molecule has 2 heterocycles. The lowest BCUT2D eigenvalue weighted by molar-refractivity contribution is 0.105. The van der Waals surface area contributed by atoms with Crippen LogP contribution in [0.25, 0.3) is 10.9 Å². The summed E-state index contributed by atoms with van der Waals surface area (Å²) in [7, 11) is 0. The zero-order valence-corrected chi connectivity index (χ0v) is 18.4. The van der Waals surface area contributed by atoms with E-state index in [1.165, 1.54) is 0 Å². The third kappa shape index (κ3) is 6.79. The summed E-state index contributed by atoms with van der Waals surface area (Å²) in [5.41, 5.74) is 2.12. The first-order valence-corrected chi connectivity index (χ1v) is 9.31. The van der Waals surface area contributed by atoms with Crippen LogP contribution in [-0.4, -0.2) is 30.6 Å². The minimum atomic E-state index is 0. The molecule has 0 aliphatic heterocycles. The average molecular weight is 494 g/mol. The van der Waals surface area contributed by atoms with Crippen LogP contribution in [0.2, 0.25) is 0 Å². The molecular weight excluding hydrogens is 467 g/mol. The molecule has 3 aromatic rings. The van der Waals surface area contributed by atoms with E-state index in [2.05, 4.69) is 40.7 Å². The van der Waals surface area contributed by atoms with Crippen molar-refractivity contribution in [2.45, 2.75) is 26.5 Å². The highest BCUT2D eigenvalue weighted by molar-refractivity contribution is 14.0. The van der Waals surface area contributed by atoms with Gasteiger partial charge < -0.3 is 19.8 Å². The highest BCUT2D eigenvalue weighted by Crippen LogP contribution is 2.16. The SMILES string of the molecule is CCNC(=NCc1cccc2cccnc12)NCCCOCc1ccco1.I. The Labute approximate surface area is 182 Å². The van der Waals surface area contributed by atoms with Gasteiger partial charge in [-0.15, -0.1) is 24.0 Å². The molecule has 0 radical (unpaired) electrons. The smallest absolute Gasteiger partial charge is 0.191 e. The van der Waals surface area contributed by atoms with Crippen molar-refractivity contribution in [3.8, 4) is 0 Å². The monoisotopic (exact) mass is 494 g/mol. The van der Waals surface area contributed by atoms with Gasteiger partial charge in [-0.05, 0) is 37.1 Å². The van der Waals surface area contributed by atoms with Crippen molar-refractivity contribution in [3.05, 3.63) is 66.2 Å². The second-order valence-electron chi connectivity index (χ2n) is 6.10. The number of para-hydroxylation sites is 1. The molecule has 0 atom stereocenters. The van der Waals surface area contributed by atoms with Crippen LogP contribution >= 0.6 is 24.0 Å². The summed E-state index contributed by atoms with van der Waals surface area (Å²) < 4.78 is 10.8. The largest absolute Gasteiger partial charge is 0.467 e. The molecule has 7 heteroatoms. The molecule has 0 amide bonds. The Bertz CT molecular complexity index is 847. The van der Waals surface area contributed by atoms with E-state index in [0.29, 0.717) is 19.8 Å². The van der Waals surface area contributed by atoms with Crippen molar-refractivity contribution in [1.29, 1.82) is 0 Å². The Balaban J connectivity index is 0.00000280.